The Kier molecular flexibility index (Phi) is 13.7. The van der Waals surface area contributed by atoms with Crippen molar-refractivity contribution in [3.05, 3.63) is 149 Å². The number of rotatable bonds is 15. The normalized spacial score (nSPS) is 19.1. The molecule has 6 rings (SSSR count). The van der Waals surface area contributed by atoms with E-state index in [0.29, 0.717) is 11.3 Å². The number of hydrogen-bond donors (Lipinski definition) is 0. The fourth-order valence-corrected chi connectivity index (χ4v) is 6.20. The van der Waals surface area contributed by atoms with Crippen LogP contribution in [0.15, 0.2) is 115 Å². The summed E-state index contributed by atoms with van der Waals surface area (Å²) in [5.41, 5.74) is -1.16. The van der Waals surface area contributed by atoms with Crippen molar-refractivity contribution >= 4 is 22.9 Å². The second kappa shape index (κ2) is 19.1. The second-order valence-corrected chi connectivity index (χ2v) is 13.2. The Balaban J connectivity index is 1.45. The van der Waals surface area contributed by atoms with E-state index >= 15 is 4.39 Å². The number of carbonyl (C=O) groups excluding carboxylic acids is 3. The van der Waals surface area contributed by atoms with Crippen molar-refractivity contribution in [3.63, 3.8) is 0 Å². The van der Waals surface area contributed by atoms with Gasteiger partial charge >= 0.3 is 242 Å². The van der Waals surface area contributed by atoms with Crippen LogP contribution in [0.2, 0.25) is 0 Å². The fourth-order valence-electron chi connectivity index (χ4n) is 6.08. The van der Waals surface area contributed by atoms with Crippen molar-refractivity contribution < 1.29 is 75.4 Å². The molecule has 0 bridgehead atoms. The molecule has 0 aliphatic carbocycles. The minimum absolute atomic E-state index is 0.00903. The number of hydrogen-bond acceptors (Lipinski definition) is 10. The van der Waals surface area contributed by atoms with Crippen LogP contribution in [0.3, 0.4) is 0 Å². The summed E-state index contributed by atoms with van der Waals surface area (Å²) in [6.07, 6.45) is -15.3. The van der Waals surface area contributed by atoms with Crippen LogP contribution in [0.5, 0.6) is 11.6 Å². The molecule has 0 saturated carbocycles. The SMILES string of the molecule is COc1ccc(Cc2c(C(F)(F)F)nn(CC[CH]=[Ni])c2O[C@@H]2O[C@H](COC(=O)c3ccccc3)[C@@H](F)[C@H](OC(=O)c3ccccc3)[C@H]2OC(=O)c2ccccc2)cc1. The number of aromatic nitrogens is 2. The van der Waals surface area contributed by atoms with Crippen LogP contribution in [0.4, 0.5) is 17.6 Å². The van der Waals surface area contributed by atoms with Gasteiger partial charge in [0.1, 0.15) is 0 Å². The summed E-state index contributed by atoms with van der Waals surface area (Å²) in [6, 6.07) is 29.2. The molecule has 2 heterocycles. The summed E-state index contributed by atoms with van der Waals surface area (Å²) in [5.74, 6) is -2.90. The first-order valence-corrected chi connectivity index (χ1v) is 18.4. The minimum atomic E-state index is -4.98. The fraction of sp³-hybridized carbons (Fsp3) is 0.262. The molecule has 0 N–H and O–H groups in total. The summed E-state index contributed by atoms with van der Waals surface area (Å²) in [5, 5.41) is 3.87. The predicted molar refractivity (Wildman–Crippen MR) is 196 cm³/mol. The van der Waals surface area contributed by atoms with E-state index in [1.165, 1.54) is 48.5 Å². The number of ether oxygens (including phenoxy) is 6. The molecule has 4 aromatic carbocycles. The number of benzene rings is 4. The van der Waals surface area contributed by atoms with Crippen LogP contribution in [0, 0.1) is 0 Å². The quantitative estimate of drug-likeness (QED) is 0.0472. The Morgan fingerprint density at radius 2 is 1.33 bits per heavy atom. The van der Waals surface area contributed by atoms with Crippen LogP contribution in [0.25, 0.3) is 0 Å². The predicted octanol–water partition coefficient (Wildman–Crippen LogP) is 6.99. The van der Waals surface area contributed by atoms with E-state index in [2.05, 4.69) is 20.1 Å². The summed E-state index contributed by atoms with van der Waals surface area (Å²) < 4.78 is 96.5. The Morgan fingerprint density at radius 3 is 1.84 bits per heavy atom. The van der Waals surface area contributed by atoms with E-state index in [1.807, 2.05) is 0 Å². The van der Waals surface area contributed by atoms with Gasteiger partial charge < -0.3 is 0 Å². The molecule has 1 saturated heterocycles. The van der Waals surface area contributed by atoms with Gasteiger partial charge in [0, 0.05) is 0 Å². The maximum absolute atomic E-state index is 16.9. The van der Waals surface area contributed by atoms with Gasteiger partial charge in [0.2, 0.25) is 0 Å². The molecule has 0 radical (unpaired) electrons. The average molecular weight is 847 g/mol. The number of alkyl halides is 4. The third-order valence-electron chi connectivity index (χ3n) is 8.93. The number of carbonyl (C=O) groups is 3. The van der Waals surface area contributed by atoms with Crippen molar-refractivity contribution in [1.29, 1.82) is 0 Å². The molecule has 11 nitrogen and oxygen atoms in total. The van der Waals surface area contributed by atoms with Gasteiger partial charge in [0.05, 0.1) is 12.7 Å². The van der Waals surface area contributed by atoms with Crippen LogP contribution < -0.4 is 9.47 Å². The number of halogens is 4. The summed E-state index contributed by atoms with van der Waals surface area (Å²) in [4.78, 5) is 41.4. The second-order valence-electron chi connectivity index (χ2n) is 12.8. The molecule has 306 valence electrons. The third kappa shape index (κ3) is 10.2. The maximum atomic E-state index is 16.9. The number of aryl methyl sites for hydroxylation is 1. The number of esters is 3. The zero-order chi connectivity index (χ0) is 41.2. The average Bonchev–Trinajstić information content (AvgIpc) is 3.59. The van der Waals surface area contributed by atoms with Crippen molar-refractivity contribution in [1.82, 2.24) is 9.78 Å². The molecule has 1 fully saturated rings. The van der Waals surface area contributed by atoms with E-state index in [4.69, 9.17) is 28.4 Å². The van der Waals surface area contributed by atoms with Crippen LogP contribution in [-0.2, 0) is 53.1 Å². The van der Waals surface area contributed by atoms with Gasteiger partial charge in [0.25, 0.3) is 0 Å². The van der Waals surface area contributed by atoms with E-state index in [0.717, 1.165) is 4.68 Å². The van der Waals surface area contributed by atoms with Crippen molar-refractivity contribution in [2.75, 3.05) is 13.7 Å². The summed E-state index contributed by atoms with van der Waals surface area (Å²) in [7, 11) is 1.44. The molecule has 5 aromatic rings. The van der Waals surface area contributed by atoms with E-state index in [1.54, 1.807) is 78.9 Å². The van der Waals surface area contributed by atoms with Crippen LogP contribution in [0.1, 0.15) is 54.3 Å². The first-order chi connectivity index (χ1) is 28.0. The monoisotopic (exact) mass is 846 g/mol. The van der Waals surface area contributed by atoms with E-state index in [-0.39, 0.29) is 36.1 Å². The summed E-state index contributed by atoms with van der Waals surface area (Å²) in [6.45, 7) is -0.954. The summed E-state index contributed by atoms with van der Waals surface area (Å²) >= 11 is 4.64. The molecular weight excluding hydrogens is 811 g/mol. The molecular formula is C42H36F4N2NiO9. The zero-order valence-corrected chi connectivity index (χ0v) is 31.6. The Morgan fingerprint density at radius 1 is 0.793 bits per heavy atom. The van der Waals surface area contributed by atoms with Gasteiger partial charge in [0.15, 0.2) is 0 Å². The van der Waals surface area contributed by atoms with Gasteiger partial charge in [-0.3, -0.25) is 0 Å². The van der Waals surface area contributed by atoms with Crippen molar-refractivity contribution in [2.24, 2.45) is 0 Å². The number of nitrogens with zero attached hydrogens (tertiary/aromatic N) is 2. The third-order valence-corrected chi connectivity index (χ3v) is 9.22. The van der Waals surface area contributed by atoms with E-state index < -0.39 is 78.6 Å². The Bertz CT molecular complexity index is 2170. The first kappa shape index (κ1) is 41.8. The molecule has 0 spiro atoms. The van der Waals surface area contributed by atoms with Gasteiger partial charge in [-0.15, -0.1) is 0 Å². The van der Waals surface area contributed by atoms with Gasteiger partial charge in [-0.05, 0) is 24.3 Å². The van der Waals surface area contributed by atoms with Gasteiger partial charge in [-0.25, -0.2) is 4.79 Å². The Hall–Kier alpha value is -5.86. The van der Waals surface area contributed by atoms with Gasteiger partial charge in [-0.2, -0.15) is 0 Å². The molecule has 58 heavy (non-hydrogen) atoms. The van der Waals surface area contributed by atoms with Crippen molar-refractivity contribution in [2.45, 2.75) is 56.3 Å². The molecule has 1 aliphatic heterocycles. The number of methoxy groups -OCH3 is 1. The molecule has 1 aromatic heterocycles. The zero-order valence-electron chi connectivity index (χ0n) is 30.7. The van der Waals surface area contributed by atoms with Crippen LogP contribution >= 0.6 is 0 Å². The van der Waals surface area contributed by atoms with Crippen LogP contribution in [-0.4, -0.2) is 77.2 Å². The van der Waals surface area contributed by atoms with Gasteiger partial charge in [-0.1, -0.05) is 54.6 Å². The molecule has 1 aliphatic rings. The van der Waals surface area contributed by atoms with E-state index in [9.17, 15) is 27.6 Å². The van der Waals surface area contributed by atoms with Crippen molar-refractivity contribution in [3.8, 4) is 11.6 Å². The Labute approximate surface area is 337 Å². The molecule has 5 atom stereocenters. The molecule has 16 heteroatoms. The molecule has 0 amide bonds. The topological polar surface area (TPSA) is 124 Å². The molecule has 0 unspecified atom stereocenters. The standard InChI is InChI=1S/C42H36F4N2O9.Ni/c1-3-23-48-37(31(36(47-48)42(44,45)46)24-26-19-21-30(52-2)22-20-26)57-41-35(56-40(51)29-17-11-6-12-18-29)34(55-39(50)28-15-9-5-10-16-28)33(43)32(54-41)25-53-38(49)27-13-7-4-8-14-27;/h1,4-22,32-35,41H,3,23-25H2,2H3;/t32-,33-,34+,35-,41+;/m1./s1. The first-order valence-electron chi connectivity index (χ1n) is 17.8.